The predicted molar refractivity (Wildman–Crippen MR) is 74.0 cm³/mol. The Morgan fingerprint density at radius 1 is 1.40 bits per heavy atom. The number of rotatable bonds is 6. The summed E-state index contributed by atoms with van der Waals surface area (Å²) in [4.78, 5) is 13.9. The maximum absolute atomic E-state index is 12.1. The molecule has 1 heterocycles. The molecule has 1 fully saturated rings. The van der Waals surface area contributed by atoms with Crippen LogP contribution in [0.15, 0.2) is 29.2 Å². The van der Waals surface area contributed by atoms with Crippen molar-refractivity contribution in [1.82, 2.24) is 9.62 Å². The summed E-state index contributed by atoms with van der Waals surface area (Å²) in [6.07, 6.45) is 1.00. The van der Waals surface area contributed by atoms with Crippen LogP contribution in [0.4, 0.5) is 0 Å². The van der Waals surface area contributed by atoms with Crippen molar-refractivity contribution in [2.75, 3.05) is 33.4 Å². The van der Waals surface area contributed by atoms with Crippen molar-refractivity contribution < 1.29 is 17.9 Å². The summed E-state index contributed by atoms with van der Waals surface area (Å²) in [5.41, 5.74) is 0.402. The van der Waals surface area contributed by atoms with Gasteiger partial charge in [-0.3, -0.25) is 4.79 Å². The normalized spacial score (nSPS) is 14.9. The molecule has 6 nitrogen and oxygen atoms in total. The number of carbonyl (C=O) groups is 1. The van der Waals surface area contributed by atoms with Crippen molar-refractivity contribution in [2.45, 2.75) is 11.3 Å². The number of ether oxygens (including phenoxy) is 1. The maximum Gasteiger partial charge on any atom is 0.253 e. The minimum absolute atomic E-state index is 0.0972. The van der Waals surface area contributed by atoms with E-state index in [9.17, 15) is 13.2 Å². The van der Waals surface area contributed by atoms with Gasteiger partial charge < -0.3 is 9.64 Å². The number of hydrogen-bond acceptors (Lipinski definition) is 4. The summed E-state index contributed by atoms with van der Waals surface area (Å²) in [7, 11) is -2.10. The molecule has 2 rings (SSSR count). The van der Waals surface area contributed by atoms with Crippen LogP contribution in [0.1, 0.15) is 16.8 Å². The fraction of sp³-hybridized carbons (Fsp3) is 0.462. The fourth-order valence-corrected chi connectivity index (χ4v) is 2.92. The minimum atomic E-state index is -3.60. The Hall–Kier alpha value is -1.44. The van der Waals surface area contributed by atoms with Gasteiger partial charge >= 0.3 is 0 Å². The van der Waals surface area contributed by atoms with Gasteiger partial charge in [-0.1, -0.05) is 6.07 Å². The second-order valence-electron chi connectivity index (χ2n) is 4.56. The number of likely N-dealkylation sites (tertiary alicyclic amines) is 1. The summed E-state index contributed by atoms with van der Waals surface area (Å²) in [5.74, 6) is -0.120. The monoisotopic (exact) mass is 298 g/mol. The van der Waals surface area contributed by atoms with E-state index in [1.54, 1.807) is 17.0 Å². The van der Waals surface area contributed by atoms with Gasteiger partial charge in [-0.2, -0.15) is 0 Å². The van der Waals surface area contributed by atoms with Gasteiger partial charge in [0.25, 0.3) is 5.91 Å². The summed E-state index contributed by atoms with van der Waals surface area (Å²) in [5, 5.41) is 0. The Labute approximate surface area is 118 Å². The van der Waals surface area contributed by atoms with E-state index in [1.165, 1.54) is 19.2 Å². The molecule has 0 atom stereocenters. The molecule has 1 saturated heterocycles. The standard InChI is InChI=1S/C13H18N2O4S/c1-19-9-6-14-20(17,18)12-5-2-4-11(10-12)13(16)15-7-3-8-15/h2,4-5,10,14H,3,6-9H2,1H3. The highest BCUT2D eigenvalue weighted by atomic mass is 32.2. The highest BCUT2D eigenvalue weighted by Gasteiger charge is 2.23. The van der Waals surface area contributed by atoms with Crippen molar-refractivity contribution in [1.29, 1.82) is 0 Å². The molecule has 0 spiro atoms. The third kappa shape index (κ3) is 3.36. The second-order valence-corrected chi connectivity index (χ2v) is 6.33. The lowest BCUT2D eigenvalue weighted by Gasteiger charge is -2.31. The topological polar surface area (TPSA) is 75.7 Å². The SMILES string of the molecule is COCCNS(=O)(=O)c1cccc(C(=O)N2CCC2)c1. The van der Waals surface area contributed by atoms with E-state index in [-0.39, 0.29) is 17.3 Å². The summed E-state index contributed by atoms with van der Waals surface area (Å²) in [6.45, 7) is 1.97. The van der Waals surface area contributed by atoms with E-state index in [4.69, 9.17) is 4.74 Å². The van der Waals surface area contributed by atoms with Gasteiger partial charge in [0.05, 0.1) is 11.5 Å². The van der Waals surface area contributed by atoms with Crippen molar-refractivity contribution in [3.63, 3.8) is 0 Å². The van der Waals surface area contributed by atoms with Crippen LogP contribution in [-0.4, -0.2) is 52.6 Å². The molecule has 1 N–H and O–H groups in total. The molecule has 1 aliphatic rings. The maximum atomic E-state index is 12.1. The number of methoxy groups -OCH3 is 1. The molecule has 1 aromatic rings. The number of nitrogens with one attached hydrogen (secondary N) is 1. The lowest BCUT2D eigenvalue weighted by Crippen LogP contribution is -2.42. The van der Waals surface area contributed by atoms with Gasteiger partial charge in [0.15, 0.2) is 0 Å². The summed E-state index contributed by atoms with van der Waals surface area (Å²) >= 11 is 0. The largest absolute Gasteiger partial charge is 0.383 e. The van der Waals surface area contributed by atoms with Gasteiger partial charge in [-0.05, 0) is 24.6 Å². The Kier molecular flexibility index (Phi) is 4.74. The van der Waals surface area contributed by atoms with E-state index in [2.05, 4.69) is 4.72 Å². The molecule has 0 unspecified atom stereocenters. The first-order chi connectivity index (χ1) is 9.54. The Bertz CT molecular complexity index is 582. The molecule has 110 valence electrons. The van der Waals surface area contributed by atoms with E-state index >= 15 is 0 Å². The number of hydrogen-bond donors (Lipinski definition) is 1. The van der Waals surface area contributed by atoms with Gasteiger partial charge in [0.1, 0.15) is 0 Å². The zero-order valence-electron chi connectivity index (χ0n) is 11.3. The first kappa shape index (κ1) is 15.0. The third-order valence-corrected chi connectivity index (χ3v) is 4.59. The van der Waals surface area contributed by atoms with Crippen LogP contribution in [-0.2, 0) is 14.8 Å². The lowest BCUT2D eigenvalue weighted by atomic mass is 10.1. The van der Waals surface area contributed by atoms with Crippen LogP contribution in [0, 0.1) is 0 Å². The van der Waals surface area contributed by atoms with Gasteiger partial charge in [-0.25, -0.2) is 13.1 Å². The molecule has 0 saturated carbocycles. The minimum Gasteiger partial charge on any atom is -0.383 e. The van der Waals surface area contributed by atoms with Crippen LogP contribution in [0.5, 0.6) is 0 Å². The quantitative estimate of drug-likeness (QED) is 0.774. The Morgan fingerprint density at radius 3 is 2.75 bits per heavy atom. The summed E-state index contributed by atoms with van der Waals surface area (Å²) in [6, 6.07) is 6.10. The second kappa shape index (κ2) is 6.34. The average molecular weight is 298 g/mol. The molecule has 20 heavy (non-hydrogen) atoms. The van der Waals surface area contributed by atoms with E-state index in [1.807, 2.05) is 0 Å². The number of benzene rings is 1. The molecule has 1 amide bonds. The van der Waals surface area contributed by atoms with Crippen LogP contribution in [0.3, 0.4) is 0 Å². The lowest BCUT2D eigenvalue weighted by molar-refractivity contribution is 0.0651. The number of nitrogens with zero attached hydrogens (tertiary/aromatic N) is 1. The molecule has 1 aromatic carbocycles. The highest BCUT2D eigenvalue weighted by Crippen LogP contribution is 2.16. The molecule has 7 heteroatoms. The predicted octanol–water partition coefficient (Wildman–Crippen LogP) is 0.457. The van der Waals surface area contributed by atoms with Crippen molar-refractivity contribution in [3.8, 4) is 0 Å². The molecular weight excluding hydrogens is 280 g/mol. The Balaban J connectivity index is 2.14. The number of amides is 1. The van der Waals surface area contributed by atoms with Crippen LogP contribution >= 0.6 is 0 Å². The average Bonchev–Trinajstić information content (AvgIpc) is 2.37. The first-order valence-electron chi connectivity index (χ1n) is 6.42. The smallest absolute Gasteiger partial charge is 0.253 e. The van der Waals surface area contributed by atoms with Crippen LogP contribution < -0.4 is 4.72 Å². The first-order valence-corrected chi connectivity index (χ1v) is 7.91. The van der Waals surface area contributed by atoms with Crippen molar-refractivity contribution in [3.05, 3.63) is 29.8 Å². The summed E-state index contributed by atoms with van der Waals surface area (Å²) < 4.78 is 31.3. The molecule has 0 aromatic heterocycles. The zero-order chi connectivity index (χ0) is 14.6. The fourth-order valence-electron chi connectivity index (χ4n) is 1.86. The molecular formula is C13H18N2O4S. The molecule has 0 aliphatic carbocycles. The van der Waals surface area contributed by atoms with Gasteiger partial charge in [0, 0.05) is 32.3 Å². The molecule has 1 aliphatic heterocycles. The van der Waals surface area contributed by atoms with Crippen molar-refractivity contribution in [2.24, 2.45) is 0 Å². The van der Waals surface area contributed by atoms with Gasteiger partial charge in [0.2, 0.25) is 10.0 Å². The Morgan fingerprint density at radius 2 is 2.15 bits per heavy atom. The van der Waals surface area contributed by atoms with E-state index in [0.29, 0.717) is 12.2 Å². The molecule has 0 radical (unpaired) electrons. The van der Waals surface area contributed by atoms with Crippen LogP contribution in [0.2, 0.25) is 0 Å². The van der Waals surface area contributed by atoms with Crippen LogP contribution in [0.25, 0.3) is 0 Å². The van der Waals surface area contributed by atoms with Crippen molar-refractivity contribution >= 4 is 15.9 Å². The number of carbonyl (C=O) groups excluding carboxylic acids is 1. The molecule has 0 bridgehead atoms. The zero-order valence-corrected chi connectivity index (χ0v) is 12.1. The number of sulfonamides is 1. The highest BCUT2D eigenvalue weighted by molar-refractivity contribution is 7.89. The van der Waals surface area contributed by atoms with E-state index in [0.717, 1.165) is 19.5 Å². The third-order valence-electron chi connectivity index (χ3n) is 3.13. The van der Waals surface area contributed by atoms with E-state index < -0.39 is 10.0 Å². The van der Waals surface area contributed by atoms with Gasteiger partial charge in [-0.15, -0.1) is 0 Å².